The SMILES string of the molecule is CCOc1ccc(NC(=O)CCCCC(=O)N[C@@H](CCC(=O)NO)C(=O)OC)cc1. The Morgan fingerprint density at radius 1 is 0.967 bits per heavy atom. The molecule has 0 bridgehead atoms. The van der Waals surface area contributed by atoms with Crippen LogP contribution in [0.3, 0.4) is 0 Å². The van der Waals surface area contributed by atoms with Crippen molar-refractivity contribution < 1.29 is 33.9 Å². The number of methoxy groups -OCH3 is 1. The van der Waals surface area contributed by atoms with Crippen LogP contribution in [-0.2, 0) is 23.9 Å². The number of carbonyl (C=O) groups excluding carboxylic acids is 4. The zero-order chi connectivity index (χ0) is 22.4. The van der Waals surface area contributed by atoms with Crippen molar-refractivity contribution in [3.05, 3.63) is 24.3 Å². The molecular formula is C20H29N3O7. The molecule has 4 N–H and O–H groups in total. The van der Waals surface area contributed by atoms with Crippen LogP contribution in [0, 0.1) is 0 Å². The van der Waals surface area contributed by atoms with E-state index in [0.717, 1.165) is 5.75 Å². The Bertz CT molecular complexity index is 707. The minimum absolute atomic E-state index is 0.00466. The van der Waals surface area contributed by atoms with Gasteiger partial charge >= 0.3 is 5.97 Å². The average Bonchev–Trinajstić information content (AvgIpc) is 2.74. The second-order valence-corrected chi connectivity index (χ2v) is 6.43. The van der Waals surface area contributed by atoms with Gasteiger partial charge in [0, 0.05) is 24.9 Å². The summed E-state index contributed by atoms with van der Waals surface area (Å²) in [6.45, 7) is 2.46. The molecule has 0 fully saturated rings. The van der Waals surface area contributed by atoms with Crippen molar-refractivity contribution in [2.24, 2.45) is 0 Å². The summed E-state index contributed by atoms with van der Waals surface area (Å²) in [6, 6.07) is 6.06. The fraction of sp³-hybridized carbons (Fsp3) is 0.500. The van der Waals surface area contributed by atoms with Gasteiger partial charge in [-0.25, -0.2) is 10.3 Å². The summed E-state index contributed by atoms with van der Waals surface area (Å²) in [5, 5.41) is 13.8. The van der Waals surface area contributed by atoms with Crippen molar-refractivity contribution in [3.8, 4) is 5.75 Å². The number of carbonyl (C=O) groups is 4. The molecule has 1 aromatic rings. The summed E-state index contributed by atoms with van der Waals surface area (Å²) < 4.78 is 9.94. The van der Waals surface area contributed by atoms with Gasteiger partial charge in [-0.2, -0.15) is 0 Å². The van der Waals surface area contributed by atoms with Crippen molar-refractivity contribution in [1.29, 1.82) is 0 Å². The Labute approximate surface area is 175 Å². The second-order valence-electron chi connectivity index (χ2n) is 6.43. The van der Waals surface area contributed by atoms with Gasteiger partial charge in [-0.15, -0.1) is 0 Å². The maximum atomic E-state index is 12.0. The predicted molar refractivity (Wildman–Crippen MR) is 108 cm³/mol. The Morgan fingerprint density at radius 3 is 2.17 bits per heavy atom. The highest BCUT2D eigenvalue weighted by atomic mass is 16.5. The maximum Gasteiger partial charge on any atom is 0.328 e. The molecule has 0 aliphatic carbocycles. The summed E-state index contributed by atoms with van der Waals surface area (Å²) in [7, 11) is 1.18. The number of hydrogen-bond acceptors (Lipinski definition) is 7. The van der Waals surface area contributed by atoms with Gasteiger partial charge in [-0.1, -0.05) is 0 Å². The third kappa shape index (κ3) is 9.87. The van der Waals surface area contributed by atoms with Crippen LogP contribution >= 0.6 is 0 Å². The topological polar surface area (TPSA) is 143 Å². The number of ether oxygens (including phenoxy) is 2. The molecule has 0 aliphatic rings. The molecule has 0 aliphatic heterocycles. The van der Waals surface area contributed by atoms with Crippen LogP contribution in [-0.4, -0.2) is 48.7 Å². The van der Waals surface area contributed by atoms with E-state index in [1.54, 1.807) is 24.3 Å². The summed E-state index contributed by atoms with van der Waals surface area (Å²) in [4.78, 5) is 46.8. The number of amides is 3. The number of nitrogens with one attached hydrogen (secondary N) is 3. The van der Waals surface area contributed by atoms with Crippen LogP contribution in [0.4, 0.5) is 5.69 Å². The molecule has 0 radical (unpaired) electrons. The minimum atomic E-state index is -0.984. The van der Waals surface area contributed by atoms with Crippen molar-refractivity contribution in [3.63, 3.8) is 0 Å². The fourth-order valence-electron chi connectivity index (χ4n) is 2.58. The van der Waals surface area contributed by atoms with Crippen LogP contribution < -0.4 is 20.9 Å². The molecule has 166 valence electrons. The second kappa shape index (κ2) is 13.9. The summed E-state index contributed by atoms with van der Waals surface area (Å²) >= 11 is 0. The molecule has 30 heavy (non-hydrogen) atoms. The van der Waals surface area contributed by atoms with Gasteiger partial charge in [0.25, 0.3) is 0 Å². The predicted octanol–water partition coefficient (Wildman–Crippen LogP) is 1.53. The van der Waals surface area contributed by atoms with Crippen LogP contribution in [0.25, 0.3) is 0 Å². The number of hydrogen-bond donors (Lipinski definition) is 4. The van der Waals surface area contributed by atoms with Gasteiger partial charge in [-0.05, 0) is 50.5 Å². The van der Waals surface area contributed by atoms with Gasteiger partial charge in [0.15, 0.2) is 0 Å². The maximum absolute atomic E-state index is 12.0. The van der Waals surface area contributed by atoms with E-state index in [4.69, 9.17) is 9.94 Å². The Morgan fingerprint density at radius 2 is 1.60 bits per heavy atom. The molecule has 3 amide bonds. The molecule has 0 aromatic heterocycles. The summed E-state index contributed by atoms with van der Waals surface area (Å²) in [5.74, 6) is -1.17. The lowest BCUT2D eigenvalue weighted by Gasteiger charge is -2.16. The molecule has 0 saturated carbocycles. The van der Waals surface area contributed by atoms with E-state index in [1.807, 2.05) is 6.92 Å². The zero-order valence-electron chi connectivity index (χ0n) is 17.2. The van der Waals surface area contributed by atoms with Crippen LogP contribution in [0.1, 0.15) is 45.4 Å². The first-order chi connectivity index (χ1) is 14.4. The smallest absolute Gasteiger partial charge is 0.328 e. The number of esters is 1. The molecule has 1 rings (SSSR count). The molecule has 1 atom stereocenters. The highest BCUT2D eigenvalue weighted by molar-refractivity contribution is 5.90. The Balaban J connectivity index is 2.32. The lowest BCUT2D eigenvalue weighted by atomic mass is 10.1. The lowest BCUT2D eigenvalue weighted by Crippen LogP contribution is -2.42. The van der Waals surface area contributed by atoms with E-state index in [1.165, 1.54) is 12.6 Å². The Kier molecular flexibility index (Phi) is 11.6. The highest BCUT2D eigenvalue weighted by Crippen LogP contribution is 2.16. The van der Waals surface area contributed by atoms with Gasteiger partial charge in [-0.3, -0.25) is 19.6 Å². The molecule has 0 spiro atoms. The number of unbranched alkanes of at least 4 members (excludes halogenated alkanes) is 1. The normalized spacial score (nSPS) is 11.2. The molecule has 10 nitrogen and oxygen atoms in total. The number of rotatable bonds is 13. The Hall–Kier alpha value is -3.14. The zero-order valence-corrected chi connectivity index (χ0v) is 17.2. The highest BCUT2D eigenvalue weighted by Gasteiger charge is 2.22. The van der Waals surface area contributed by atoms with E-state index in [9.17, 15) is 19.2 Å². The standard InChI is InChI=1S/C20H29N3O7/c1-3-30-15-10-8-14(9-11-15)21-17(24)6-4-5-7-18(25)22-16(20(27)29-2)12-13-19(26)23-28/h8-11,16,28H,3-7,12-13H2,1-2H3,(H,21,24)(H,22,25)(H,23,26)/t16-/m0/s1. The van der Waals surface area contributed by atoms with E-state index in [2.05, 4.69) is 15.4 Å². The van der Waals surface area contributed by atoms with E-state index >= 15 is 0 Å². The van der Waals surface area contributed by atoms with Crippen LogP contribution in [0.5, 0.6) is 5.75 Å². The van der Waals surface area contributed by atoms with E-state index in [-0.39, 0.29) is 37.5 Å². The van der Waals surface area contributed by atoms with Crippen molar-refractivity contribution in [1.82, 2.24) is 10.8 Å². The molecule has 0 saturated heterocycles. The first-order valence-corrected chi connectivity index (χ1v) is 9.72. The van der Waals surface area contributed by atoms with Crippen LogP contribution in [0.15, 0.2) is 24.3 Å². The number of benzene rings is 1. The van der Waals surface area contributed by atoms with E-state index in [0.29, 0.717) is 25.1 Å². The quantitative estimate of drug-likeness (QED) is 0.163. The molecule has 1 aromatic carbocycles. The largest absolute Gasteiger partial charge is 0.494 e. The first kappa shape index (κ1) is 24.9. The van der Waals surface area contributed by atoms with Gasteiger partial charge in [0.05, 0.1) is 13.7 Å². The first-order valence-electron chi connectivity index (χ1n) is 9.72. The average molecular weight is 423 g/mol. The third-order valence-corrected chi connectivity index (χ3v) is 4.11. The van der Waals surface area contributed by atoms with Crippen molar-refractivity contribution >= 4 is 29.4 Å². The third-order valence-electron chi connectivity index (χ3n) is 4.11. The summed E-state index contributed by atoms with van der Waals surface area (Å²) in [6.07, 6.45) is 1.16. The monoisotopic (exact) mass is 423 g/mol. The lowest BCUT2D eigenvalue weighted by molar-refractivity contribution is -0.145. The molecule has 0 heterocycles. The fourth-order valence-corrected chi connectivity index (χ4v) is 2.58. The van der Waals surface area contributed by atoms with Gasteiger partial charge in [0.1, 0.15) is 11.8 Å². The summed E-state index contributed by atoms with van der Waals surface area (Å²) in [5.41, 5.74) is 2.12. The van der Waals surface area contributed by atoms with Crippen LogP contribution in [0.2, 0.25) is 0 Å². The number of hydroxylamine groups is 1. The molecule has 0 unspecified atom stereocenters. The van der Waals surface area contributed by atoms with Crippen molar-refractivity contribution in [2.75, 3.05) is 19.0 Å². The van der Waals surface area contributed by atoms with Gasteiger partial charge in [0.2, 0.25) is 17.7 Å². The molecule has 10 heteroatoms. The van der Waals surface area contributed by atoms with Gasteiger partial charge < -0.3 is 20.1 Å². The molecular weight excluding hydrogens is 394 g/mol. The van der Waals surface area contributed by atoms with E-state index < -0.39 is 17.9 Å². The van der Waals surface area contributed by atoms with Crippen molar-refractivity contribution in [2.45, 2.75) is 51.5 Å². The minimum Gasteiger partial charge on any atom is -0.494 e. The number of anilines is 1.